The zero-order chi connectivity index (χ0) is 21.7. The molecule has 0 N–H and O–H groups in total. The van der Waals surface area contributed by atoms with Gasteiger partial charge in [0.2, 0.25) is 0 Å². The number of sulfone groups is 1. The Morgan fingerprint density at radius 1 is 1.13 bits per heavy atom. The van der Waals surface area contributed by atoms with Crippen molar-refractivity contribution in [3.05, 3.63) is 58.6 Å². The average Bonchev–Trinajstić information content (AvgIpc) is 3.07. The molecule has 1 heterocycles. The molecule has 1 atom stereocenters. The van der Waals surface area contributed by atoms with E-state index in [1.54, 1.807) is 23.1 Å². The van der Waals surface area contributed by atoms with Crippen molar-refractivity contribution in [2.24, 2.45) is 0 Å². The maximum absolute atomic E-state index is 13.0. The third kappa shape index (κ3) is 5.89. The normalized spacial score (nSPS) is 17.5. The third-order valence-corrected chi connectivity index (χ3v) is 7.22. The van der Waals surface area contributed by atoms with E-state index >= 15 is 0 Å². The summed E-state index contributed by atoms with van der Waals surface area (Å²) >= 11 is 6.03. The molecule has 162 valence electrons. The Kier molecular flexibility index (Phi) is 7.26. The number of benzene rings is 2. The highest BCUT2D eigenvalue weighted by Crippen LogP contribution is 2.23. The van der Waals surface area contributed by atoms with Crippen LogP contribution in [0.4, 0.5) is 0 Å². The maximum Gasteiger partial charge on any atom is 0.261 e. The Bertz CT molecular complexity index is 991. The predicted octanol–water partition coefficient (Wildman–Crippen LogP) is 3.64. The minimum atomic E-state index is -3.13. The van der Waals surface area contributed by atoms with E-state index in [1.807, 2.05) is 38.1 Å². The van der Waals surface area contributed by atoms with Crippen LogP contribution < -0.4 is 9.47 Å². The van der Waals surface area contributed by atoms with Gasteiger partial charge in [-0.25, -0.2) is 8.42 Å². The van der Waals surface area contributed by atoms with Gasteiger partial charge in [0.05, 0.1) is 18.1 Å². The molecule has 1 fully saturated rings. The van der Waals surface area contributed by atoms with E-state index in [9.17, 15) is 13.2 Å². The molecular weight excluding hydrogens is 426 g/mol. The van der Waals surface area contributed by atoms with Crippen molar-refractivity contribution >= 4 is 27.3 Å². The summed E-state index contributed by atoms with van der Waals surface area (Å²) in [5, 5.41) is 0.627. The topological polar surface area (TPSA) is 72.9 Å². The molecule has 1 unspecified atom stereocenters. The molecule has 8 heteroatoms. The van der Waals surface area contributed by atoms with Gasteiger partial charge in [-0.3, -0.25) is 4.79 Å². The molecule has 1 amide bonds. The largest absolute Gasteiger partial charge is 0.494 e. The van der Waals surface area contributed by atoms with Gasteiger partial charge in [0, 0.05) is 17.6 Å². The maximum atomic E-state index is 13.0. The molecule has 1 aliphatic rings. The predicted molar refractivity (Wildman–Crippen MR) is 117 cm³/mol. The number of amides is 1. The van der Waals surface area contributed by atoms with Crippen molar-refractivity contribution in [2.45, 2.75) is 32.9 Å². The standard InChI is InChI=1S/C22H26ClNO5S/c1-3-28-19-6-4-17(5-7-19)13-24(18-10-11-30(26,27)15-18)22(25)14-29-20-8-9-21(23)16(2)12-20/h4-9,12,18H,3,10-11,13-15H2,1-2H3. The van der Waals surface area contributed by atoms with Gasteiger partial charge in [0.15, 0.2) is 16.4 Å². The first-order valence-corrected chi connectivity index (χ1v) is 12.1. The Balaban J connectivity index is 1.72. The van der Waals surface area contributed by atoms with Crippen LogP contribution in [-0.2, 0) is 21.2 Å². The summed E-state index contributed by atoms with van der Waals surface area (Å²) < 4.78 is 35.1. The molecular formula is C22H26ClNO5S. The third-order valence-electron chi connectivity index (χ3n) is 5.05. The fourth-order valence-corrected chi connectivity index (χ4v) is 5.28. The van der Waals surface area contributed by atoms with Crippen LogP contribution in [-0.4, -0.2) is 50.0 Å². The Morgan fingerprint density at radius 3 is 2.43 bits per heavy atom. The van der Waals surface area contributed by atoms with Crippen LogP contribution in [0, 0.1) is 6.92 Å². The molecule has 0 radical (unpaired) electrons. The second kappa shape index (κ2) is 9.71. The number of ether oxygens (including phenoxy) is 2. The van der Waals surface area contributed by atoms with E-state index in [4.69, 9.17) is 21.1 Å². The number of aryl methyl sites for hydroxylation is 1. The summed E-state index contributed by atoms with van der Waals surface area (Å²) in [7, 11) is -3.13. The van der Waals surface area contributed by atoms with E-state index in [-0.39, 0.29) is 30.1 Å². The van der Waals surface area contributed by atoms with Crippen molar-refractivity contribution < 1.29 is 22.7 Å². The number of nitrogens with zero attached hydrogens (tertiary/aromatic N) is 1. The van der Waals surface area contributed by atoms with E-state index in [0.717, 1.165) is 16.9 Å². The van der Waals surface area contributed by atoms with Crippen molar-refractivity contribution in [3.8, 4) is 11.5 Å². The zero-order valence-electron chi connectivity index (χ0n) is 17.1. The molecule has 0 aromatic heterocycles. The van der Waals surface area contributed by atoms with Crippen molar-refractivity contribution in [1.29, 1.82) is 0 Å². The first kappa shape index (κ1) is 22.4. The van der Waals surface area contributed by atoms with E-state index in [2.05, 4.69) is 0 Å². The van der Waals surface area contributed by atoms with Gasteiger partial charge in [0.25, 0.3) is 5.91 Å². The van der Waals surface area contributed by atoms with Crippen molar-refractivity contribution in [2.75, 3.05) is 24.7 Å². The summed E-state index contributed by atoms with van der Waals surface area (Å²) in [4.78, 5) is 14.6. The molecule has 0 saturated carbocycles. The number of carbonyl (C=O) groups excluding carboxylic acids is 1. The van der Waals surface area contributed by atoms with Gasteiger partial charge >= 0.3 is 0 Å². The van der Waals surface area contributed by atoms with Crippen LogP contribution >= 0.6 is 11.6 Å². The second-order valence-electron chi connectivity index (χ2n) is 7.36. The number of hydrogen-bond acceptors (Lipinski definition) is 5. The van der Waals surface area contributed by atoms with Gasteiger partial charge in [0.1, 0.15) is 11.5 Å². The minimum absolute atomic E-state index is 0.0180. The lowest BCUT2D eigenvalue weighted by Crippen LogP contribution is -2.43. The average molecular weight is 452 g/mol. The zero-order valence-corrected chi connectivity index (χ0v) is 18.7. The number of halogens is 1. The smallest absolute Gasteiger partial charge is 0.261 e. The van der Waals surface area contributed by atoms with Crippen LogP contribution in [0.3, 0.4) is 0 Å². The molecule has 0 aliphatic carbocycles. The highest BCUT2D eigenvalue weighted by molar-refractivity contribution is 7.91. The fraction of sp³-hybridized carbons (Fsp3) is 0.409. The molecule has 2 aromatic carbocycles. The summed E-state index contributed by atoms with van der Waals surface area (Å²) in [6.07, 6.45) is 0.436. The summed E-state index contributed by atoms with van der Waals surface area (Å²) in [6.45, 7) is 4.49. The van der Waals surface area contributed by atoms with Crippen molar-refractivity contribution in [1.82, 2.24) is 4.90 Å². The monoisotopic (exact) mass is 451 g/mol. The van der Waals surface area contributed by atoms with Crippen LogP contribution in [0.15, 0.2) is 42.5 Å². The molecule has 2 aromatic rings. The SMILES string of the molecule is CCOc1ccc(CN(C(=O)COc2ccc(Cl)c(C)c2)C2CCS(=O)(=O)C2)cc1. The van der Waals surface area contributed by atoms with Crippen molar-refractivity contribution in [3.63, 3.8) is 0 Å². The van der Waals surface area contributed by atoms with Gasteiger partial charge in [-0.15, -0.1) is 0 Å². The first-order valence-electron chi connectivity index (χ1n) is 9.88. The number of hydrogen-bond donors (Lipinski definition) is 0. The van der Waals surface area contributed by atoms with Crippen LogP contribution in [0.2, 0.25) is 5.02 Å². The lowest BCUT2D eigenvalue weighted by atomic mass is 10.1. The highest BCUT2D eigenvalue weighted by Gasteiger charge is 2.34. The van der Waals surface area contributed by atoms with E-state index in [0.29, 0.717) is 30.3 Å². The Labute approximate surface area is 182 Å². The van der Waals surface area contributed by atoms with Gasteiger partial charge in [-0.05, 0) is 61.7 Å². The number of carbonyl (C=O) groups is 1. The lowest BCUT2D eigenvalue weighted by Gasteiger charge is -2.28. The molecule has 6 nitrogen and oxygen atoms in total. The van der Waals surface area contributed by atoms with E-state index < -0.39 is 9.84 Å². The van der Waals surface area contributed by atoms with Crippen LogP contribution in [0.25, 0.3) is 0 Å². The summed E-state index contributed by atoms with van der Waals surface area (Å²) in [5.41, 5.74) is 1.76. The molecule has 3 rings (SSSR count). The number of rotatable bonds is 8. The summed E-state index contributed by atoms with van der Waals surface area (Å²) in [5.74, 6) is 1.13. The Morgan fingerprint density at radius 2 is 1.83 bits per heavy atom. The molecule has 30 heavy (non-hydrogen) atoms. The van der Waals surface area contributed by atoms with Gasteiger partial charge in [-0.2, -0.15) is 0 Å². The second-order valence-corrected chi connectivity index (χ2v) is 9.99. The molecule has 0 bridgehead atoms. The molecule has 1 saturated heterocycles. The van der Waals surface area contributed by atoms with Crippen LogP contribution in [0.5, 0.6) is 11.5 Å². The Hall–Kier alpha value is -2.25. The van der Waals surface area contributed by atoms with Gasteiger partial charge in [-0.1, -0.05) is 23.7 Å². The molecule has 1 aliphatic heterocycles. The quantitative estimate of drug-likeness (QED) is 0.612. The first-order chi connectivity index (χ1) is 14.3. The fourth-order valence-electron chi connectivity index (χ4n) is 3.43. The lowest BCUT2D eigenvalue weighted by molar-refractivity contribution is -0.136. The van der Waals surface area contributed by atoms with E-state index in [1.165, 1.54) is 0 Å². The van der Waals surface area contributed by atoms with Gasteiger partial charge < -0.3 is 14.4 Å². The summed E-state index contributed by atoms with van der Waals surface area (Å²) in [6, 6.07) is 12.3. The minimum Gasteiger partial charge on any atom is -0.494 e. The molecule has 0 spiro atoms. The van der Waals surface area contributed by atoms with Crippen LogP contribution in [0.1, 0.15) is 24.5 Å². The highest BCUT2D eigenvalue weighted by atomic mass is 35.5.